The maximum absolute atomic E-state index is 4.23. The molecule has 4 rings (SSSR count). The average Bonchev–Trinajstić information content (AvgIpc) is 3.02. The number of piperidine rings is 1. The second kappa shape index (κ2) is 5.51. The molecule has 1 aliphatic carbocycles. The van der Waals surface area contributed by atoms with Crippen molar-refractivity contribution in [1.29, 1.82) is 0 Å². The number of tetrazole rings is 1. The Balaban J connectivity index is 1.47. The average molecular weight is 288 g/mol. The topological polar surface area (TPSA) is 77.5 Å². The number of nitrogens with zero attached hydrogens (tertiary/aromatic N) is 8. The molecule has 2 aliphatic rings. The molecule has 2 aromatic rings. The highest BCUT2D eigenvalue weighted by Gasteiger charge is 2.30. The lowest BCUT2D eigenvalue weighted by Crippen LogP contribution is -2.42. The summed E-state index contributed by atoms with van der Waals surface area (Å²) in [5.41, 5.74) is 0. The molecule has 0 bridgehead atoms. The number of hydrogen-bond donors (Lipinski definition) is 0. The van der Waals surface area contributed by atoms with Gasteiger partial charge in [0, 0.05) is 6.04 Å². The Morgan fingerprint density at radius 3 is 2.95 bits per heavy atom. The van der Waals surface area contributed by atoms with E-state index in [1.165, 1.54) is 32.1 Å². The Morgan fingerprint density at radius 1 is 1.19 bits per heavy atom. The van der Waals surface area contributed by atoms with Crippen LogP contribution in [0.15, 0.2) is 12.7 Å². The monoisotopic (exact) mass is 288 g/mol. The Hall–Kier alpha value is -1.83. The highest BCUT2D eigenvalue weighted by Crippen LogP contribution is 2.34. The summed E-state index contributed by atoms with van der Waals surface area (Å²) in [7, 11) is 0. The molecule has 0 amide bonds. The zero-order valence-electron chi connectivity index (χ0n) is 12.0. The smallest absolute Gasteiger partial charge is 0.165 e. The van der Waals surface area contributed by atoms with Crippen molar-refractivity contribution in [3.8, 4) is 0 Å². The Labute approximate surface area is 123 Å². The molecule has 0 aromatic carbocycles. The van der Waals surface area contributed by atoms with Crippen LogP contribution in [0.3, 0.4) is 0 Å². The van der Waals surface area contributed by atoms with Gasteiger partial charge in [0.1, 0.15) is 12.7 Å². The molecule has 2 aromatic heterocycles. The normalized spacial score (nSPS) is 23.5. The quantitative estimate of drug-likeness (QED) is 0.804. The second-order valence-corrected chi connectivity index (χ2v) is 6.01. The van der Waals surface area contributed by atoms with Gasteiger partial charge in [-0.2, -0.15) is 5.10 Å². The lowest BCUT2D eigenvalue weighted by atomic mass is 10.0. The third kappa shape index (κ3) is 2.80. The summed E-state index contributed by atoms with van der Waals surface area (Å²) < 4.78 is 3.94. The predicted molar refractivity (Wildman–Crippen MR) is 74.2 cm³/mol. The van der Waals surface area contributed by atoms with Crippen molar-refractivity contribution in [2.24, 2.45) is 0 Å². The summed E-state index contributed by atoms with van der Waals surface area (Å²) >= 11 is 0. The van der Waals surface area contributed by atoms with Gasteiger partial charge >= 0.3 is 0 Å². The molecular weight excluding hydrogens is 268 g/mol. The van der Waals surface area contributed by atoms with E-state index in [1.807, 2.05) is 9.36 Å². The van der Waals surface area contributed by atoms with Crippen molar-refractivity contribution in [3.63, 3.8) is 0 Å². The minimum absolute atomic E-state index is 0.491. The van der Waals surface area contributed by atoms with Gasteiger partial charge in [0.05, 0.1) is 19.1 Å². The Morgan fingerprint density at radius 2 is 2.14 bits per heavy atom. The van der Waals surface area contributed by atoms with E-state index in [0.29, 0.717) is 12.1 Å². The van der Waals surface area contributed by atoms with Gasteiger partial charge in [-0.1, -0.05) is 6.42 Å². The van der Waals surface area contributed by atoms with Gasteiger partial charge in [-0.3, -0.25) is 9.58 Å². The summed E-state index contributed by atoms with van der Waals surface area (Å²) in [4.78, 5) is 6.53. The van der Waals surface area contributed by atoms with Crippen molar-refractivity contribution in [2.45, 2.75) is 57.3 Å². The fraction of sp³-hybridized carbons (Fsp3) is 0.769. The van der Waals surface area contributed by atoms with Gasteiger partial charge in [0.25, 0.3) is 0 Å². The molecule has 3 heterocycles. The van der Waals surface area contributed by atoms with Crippen LogP contribution in [0, 0.1) is 0 Å². The van der Waals surface area contributed by atoms with E-state index in [2.05, 4.69) is 30.5 Å². The Bertz CT molecular complexity index is 573. The molecule has 1 saturated carbocycles. The zero-order chi connectivity index (χ0) is 14.1. The lowest BCUT2D eigenvalue weighted by Gasteiger charge is -2.35. The molecule has 8 heteroatoms. The molecular formula is C13H20N8. The molecule has 2 fully saturated rings. The number of likely N-dealkylation sites (tertiary alicyclic amines) is 1. The minimum Gasteiger partial charge on any atom is -0.291 e. The van der Waals surface area contributed by atoms with Crippen LogP contribution in [-0.4, -0.2) is 52.5 Å². The van der Waals surface area contributed by atoms with Crippen LogP contribution in [0.25, 0.3) is 0 Å². The van der Waals surface area contributed by atoms with Gasteiger partial charge in [-0.05, 0) is 42.7 Å². The van der Waals surface area contributed by atoms with Crippen molar-refractivity contribution < 1.29 is 0 Å². The van der Waals surface area contributed by atoms with E-state index in [4.69, 9.17) is 0 Å². The lowest BCUT2D eigenvalue weighted by molar-refractivity contribution is 0.116. The summed E-state index contributed by atoms with van der Waals surface area (Å²) in [6.07, 6.45) is 9.54. The van der Waals surface area contributed by atoms with Crippen molar-refractivity contribution in [2.75, 3.05) is 6.54 Å². The van der Waals surface area contributed by atoms with E-state index in [9.17, 15) is 0 Å². The van der Waals surface area contributed by atoms with Crippen LogP contribution in [0.4, 0.5) is 0 Å². The highest BCUT2D eigenvalue weighted by molar-refractivity contribution is 4.92. The number of hydrogen-bond acceptors (Lipinski definition) is 6. The first kappa shape index (κ1) is 12.9. The van der Waals surface area contributed by atoms with Crippen LogP contribution in [-0.2, 0) is 13.1 Å². The van der Waals surface area contributed by atoms with E-state index in [1.54, 1.807) is 12.7 Å². The SMILES string of the molecule is c1ncn(CC2CCCCN2Cc2nnnn2C2CC2)n1. The van der Waals surface area contributed by atoms with Gasteiger partial charge in [-0.15, -0.1) is 5.10 Å². The molecule has 1 saturated heterocycles. The molecule has 0 spiro atoms. The van der Waals surface area contributed by atoms with E-state index in [0.717, 1.165) is 25.5 Å². The van der Waals surface area contributed by atoms with Gasteiger partial charge in [0.2, 0.25) is 0 Å². The fourth-order valence-electron chi connectivity index (χ4n) is 3.12. The van der Waals surface area contributed by atoms with Gasteiger partial charge in [-0.25, -0.2) is 9.67 Å². The van der Waals surface area contributed by atoms with Crippen LogP contribution >= 0.6 is 0 Å². The molecule has 0 N–H and O–H groups in total. The first-order valence-corrected chi connectivity index (χ1v) is 7.73. The largest absolute Gasteiger partial charge is 0.291 e. The first-order chi connectivity index (χ1) is 10.4. The predicted octanol–water partition coefficient (Wildman–Crippen LogP) is 0.654. The summed E-state index contributed by atoms with van der Waals surface area (Å²) in [6, 6.07) is 1.03. The van der Waals surface area contributed by atoms with E-state index < -0.39 is 0 Å². The summed E-state index contributed by atoms with van der Waals surface area (Å²) in [5, 5.41) is 16.5. The number of rotatable bonds is 5. The molecule has 1 unspecified atom stereocenters. The van der Waals surface area contributed by atoms with Gasteiger partial charge < -0.3 is 0 Å². The van der Waals surface area contributed by atoms with Gasteiger partial charge in [0.15, 0.2) is 5.82 Å². The van der Waals surface area contributed by atoms with Crippen molar-refractivity contribution in [3.05, 3.63) is 18.5 Å². The maximum atomic E-state index is 4.23. The minimum atomic E-state index is 0.491. The third-order valence-electron chi connectivity index (χ3n) is 4.41. The molecule has 112 valence electrons. The van der Waals surface area contributed by atoms with Crippen LogP contribution in [0.5, 0.6) is 0 Å². The molecule has 8 nitrogen and oxygen atoms in total. The zero-order valence-corrected chi connectivity index (χ0v) is 12.0. The summed E-state index contributed by atoms with van der Waals surface area (Å²) in [5.74, 6) is 1.00. The first-order valence-electron chi connectivity index (χ1n) is 7.73. The maximum Gasteiger partial charge on any atom is 0.165 e. The molecule has 1 atom stereocenters. The highest BCUT2D eigenvalue weighted by atomic mass is 15.6. The van der Waals surface area contributed by atoms with E-state index >= 15 is 0 Å². The Kier molecular flexibility index (Phi) is 3.38. The standard InChI is InChI=1S/C13H20N8/c1-2-6-19(12(3-1)7-20-10-14-9-15-20)8-13-16-17-18-21(13)11-4-5-11/h9-12H,1-8H2. The van der Waals surface area contributed by atoms with E-state index in [-0.39, 0.29) is 0 Å². The molecule has 1 aliphatic heterocycles. The third-order valence-corrected chi connectivity index (χ3v) is 4.41. The molecule has 0 radical (unpaired) electrons. The van der Waals surface area contributed by atoms with Crippen molar-refractivity contribution >= 4 is 0 Å². The molecule has 21 heavy (non-hydrogen) atoms. The van der Waals surface area contributed by atoms with Crippen LogP contribution < -0.4 is 0 Å². The fourth-order valence-corrected chi connectivity index (χ4v) is 3.12. The second-order valence-electron chi connectivity index (χ2n) is 6.01. The number of aromatic nitrogens is 7. The van der Waals surface area contributed by atoms with Crippen LogP contribution in [0.1, 0.15) is 44.0 Å². The van der Waals surface area contributed by atoms with Crippen LogP contribution in [0.2, 0.25) is 0 Å². The van der Waals surface area contributed by atoms with Crippen molar-refractivity contribution in [1.82, 2.24) is 39.9 Å². The summed E-state index contributed by atoms with van der Waals surface area (Å²) in [6.45, 7) is 2.84.